The molecule has 0 spiro atoms. The normalized spacial score (nSPS) is 13.3. The van der Waals surface area contributed by atoms with Gasteiger partial charge in [0.2, 0.25) is 0 Å². The van der Waals surface area contributed by atoms with Crippen molar-refractivity contribution in [2.45, 2.75) is 46.1 Å². The minimum atomic E-state index is 0.323. The van der Waals surface area contributed by atoms with Gasteiger partial charge in [-0.3, -0.25) is 0 Å². The second kappa shape index (κ2) is 6.44. The van der Waals surface area contributed by atoms with E-state index >= 15 is 0 Å². The Bertz CT molecular complexity index is 562. The van der Waals surface area contributed by atoms with Crippen molar-refractivity contribution in [3.05, 3.63) is 24.2 Å². The van der Waals surface area contributed by atoms with Gasteiger partial charge in [0.1, 0.15) is 5.52 Å². The zero-order valence-electron chi connectivity index (χ0n) is 12.6. The van der Waals surface area contributed by atoms with Crippen LogP contribution in [0.25, 0.3) is 5.52 Å². The van der Waals surface area contributed by atoms with E-state index in [4.69, 9.17) is 11.6 Å². The fourth-order valence-corrected chi connectivity index (χ4v) is 2.43. The van der Waals surface area contributed by atoms with E-state index in [1.807, 2.05) is 10.7 Å². The van der Waals surface area contributed by atoms with Crippen LogP contribution in [0.2, 0.25) is 0 Å². The minimum absolute atomic E-state index is 0.323. The summed E-state index contributed by atoms with van der Waals surface area (Å²) in [6.45, 7) is 8.68. The van der Waals surface area contributed by atoms with Crippen LogP contribution in [0.4, 0.5) is 5.82 Å². The van der Waals surface area contributed by atoms with Crippen molar-refractivity contribution in [1.82, 2.24) is 14.6 Å². The maximum atomic E-state index is 5.89. The summed E-state index contributed by atoms with van der Waals surface area (Å²) in [5.41, 5.74) is 2.11. The summed E-state index contributed by atoms with van der Waals surface area (Å²) < 4.78 is 1.89. The molecule has 5 heteroatoms. The van der Waals surface area contributed by atoms with Crippen LogP contribution in [-0.2, 0) is 0 Å². The summed E-state index contributed by atoms with van der Waals surface area (Å²) in [5, 5.41) is 8.10. The highest BCUT2D eigenvalue weighted by atomic mass is 35.5. The van der Waals surface area contributed by atoms with E-state index in [9.17, 15) is 0 Å². The molecule has 0 saturated heterocycles. The van der Waals surface area contributed by atoms with Crippen molar-refractivity contribution in [3.8, 4) is 0 Å². The lowest BCUT2D eigenvalue weighted by Gasteiger charge is -2.22. The van der Waals surface area contributed by atoms with E-state index < -0.39 is 0 Å². The van der Waals surface area contributed by atoms with E-state index in [0.29, 0.717) is 23.8 Å². The molecular formula is C15H23ClN4. The van der Waals surface area contributed by atoms with E-state index in [-0.39, 0.29) is 0 Å². The maximum Gasteiger partial charge on any atom is 0.152 e. The number of nitrogens with zero attached hydrogens (tertiary/aromatic N) is 3. The van der Waals surface area contributed by atoms with Crippen LogP contribution in [0, 0.1) is 5.92 Å². The van der Waals surface area contributed by atoms with E-state index in [1.165, 1.54) is 0 Å². The van der Waals surface area contributed by atoms with Crippen LogP contribution in [0.15, 0.2) is 18.5 Å². The van der Waals surface area contributed by atoms with E-state index in [0.717, 1.165) is 23.4 Å². The Hall–Kier alpha value is -1.29. The Morgan fingerprint density at radius 1 is 1.30 bits per heavy atom. The van der Waals surface area contributed by atoms with Crippen LogP contribution >= 0.6 is 11.6 Å². The first kappa shape index (κ1) is 15.1. The molecule has 0 bridgehead atoms. The zero-order chi connectivity index (χ0) is 14.7. The molecule has 2 aromatic heterocycles. The van der Waals surface area contributed by atoms with Crippen molar-refractivity contribution in [1.29, 1.82) is 0 Å². The molecule has 2 heterocycles. The van der Waals surface area contributed by atoms with Crippen LogP contribution in [0.5, 0.6) is 0 Å². The van der Waals surface area contributed by atoms with Gasteiger partial charge < -0.3 is 5.32 Å². The highest BCUT2D eigenvalue weighted by molar-refractivity contribution is 6.17. The molecule has 0 aromatic carbocycles. The van der Waals surface area contributed by atoms with Crippen molar-refractivity contribution in [2.75, 3.05) is 11.2 Å². The lowest BCUT2D eigenvalue weighted by atomic mass is 10.0. The number of anilines is 1. The average Bonchev–Trinajstić information content (AvgIpc) is 2.83. The Kier molecular flexibility index (Phi) is 4.86. The molecule has 4 nitrogen and oxygen atoms in total. The first-order chi connectivity index (χ1) is 9.52. The van der Waals surface area contributed by atoms with Gasteiger partial charge in [0, 0.05) is 24.3 Å². The van der Waals surface area contributed by atoms with E-state index in [1.54, 1.807) is 6.20 Å². The average molecular weight is 295 g/mol. The second-order valence-electron chi connectivity index (χ2n) is 5.80. The summed E-state index contributed by atoms with van der Waals surface area (Å²) in [5.74, 6) is 2.45. The van der Waals surface area contributed by atoms with Crippen molar-refractivity contribution < 1.29 is 0 Å². The third-order valence-electron chi connectivity index (χ3n) is 3.55. The topological polar surface area (TPSA) is 42.2 Å². The van der Waals surface area contributed by atoms with Crippen LogP contribution in [-0.4, -0.2) is 26.5 Å². The van der Waals surface area contributed by atoms with Gasteiger partial charge in [-0.2, -0.15) is 5.10 Å². The molecule has 0 fully saturated rings. The quantitative estimate of drug-likeness (QED) is 0.821. The monoisotopic (exact) mass is 294 g/mol. The standard InChI is InChI=1S/C15H23ClN4/c1-10(2)12(5-6-16)18-15-14-9-13(11(3)4)19-20(14)8-7-17-15/h7-12H,5-6H2,1-4H3,(H,17,18). The number of alkyl halides is 1. The Labute approximate surface area is 125 Å². The predicted molar refractivity (Wildman–Crippen MR) is 84.7 cm³/mol. The number of halogens is 1. The van der Waals surface area contributed by atoms with Crippen molar-refractivity contribution in [3.63, 3.8) is 0 Å². The lowest BCUT2D eigenvalue weighted by Crippen LogP contribution is -2.26. The fourth-order valence-electron chi connectivity index (χ4n) is 2.20. The largest absolute Gasteiger partial charge is 0.365 e. The Morgan fingerprint density at radius 3 is 2.65 bits per heavy atom. The SMILES string of the molecule is CC(C)c1cc2c(NC(CCCl)C(C)C)nccn2n1. The van der Waals surface area contributed by atoms with E-state index in [2.05, 4.69) is 49.2 Å². The Balaban J connectivity index is 2.33. The molecule has 2 rings (SSSR count). The molecule has 0 amide bonds. The summed E-state index contributed by atoms with van der Waals surface area (Å²) in [6, 6.07) is 2.43. The summed E-state index contributed by atoms with van der Waals surface area (Å²) >= 11 is 5.89. The van der Waals surface area contributed by atoms with Gasteiger partial charge in [0.05, 0.1) is 5.69 Å². The molecule has 0 aliphatic rings. The first-order valence-electron chi connectivity index (χ1n) is 7.19. The predicted octanol–water partition coefficient (Wildman–Crippen LogP) is 3.92. The molecule has 2 aromatic rings. The second-order valence-corrected chi connectivity index (χ2v) is 6.18. The van der Waals surface area contributed by atoms with Gasteiger partial charge in [-0.25, -0.2) is 9.50 Å². The number of rotatable bonds is 6. The highest BCUT2D eigenvalue weighted by Gasteiger charge is 2.16. The molecule has 0 radical (unpaired) electrons. The number of aromatic nitrogens is 3. The number of hydrogen-bond acceptors (Lipinski definition) is 3. The van der Waals surface area contributed by atoms with Gasteiger partial charge >= 0.3 is 0 Å². The molecule has 1 N–H and O–H groups in total. The van der Waals surface area contributed by atoms with Gasteiger partial charge in [0.25, 0.3) is 0 Å². The third-order valence-corrected chi connectivity index (χ3v) is 3.77. The molecular weight excluding hydrogens is 272 g/mol. The van der Waals surface area contributed by atoms with Crippen LogP contribution in [0.1, 0.15) is 45.7 Å². The van der Waals surface area contributed by atoms with Crippen LogP contribution < -0.4 is 5.32 Å². The fraction of sp³-hybridized carbons (Fsp3) is 0.600. The number of nitrogens with one attached hydrogen (secondary N) is 1. The Morgan fingerprint density at radius 2 is 2.05 bits per heavy atom. The van der Waals surface area contributed by atoms with Gasteiger partial charge in [-0.15, -0.1) is 11.6 Å². The summed E-state index contributed by atoms with van der Waals surface area (Å²) in [7, 11) is 0. The first-order valence-corrected chi connectivity index (χ1v) is 7.73. The van der Waals surface area contributed by atoms with Crippen LogP contribution in [0.3, 0.4) is 0 Å². The summed E-state index contributed by atoms with van der Waals surface area (Å²) in [4.78, 5) is 4.47. The molecule has 0 aliphatic carbocycles. The molecule has 0 aliphatic heterocycles. The minimum Gasteiger partial charge on any atom is -0.365 e. The molecule has 1 unspecified atom stereocenters. The number of fused-ring (bicyclic) bond motifs is 1. The molecule has 1 atom stereocenters. The van der Waals surface area contributed by atoms with Gasteiger partial charge in [-0.05, 0) is 24.3 Å². The van der Waals surface area contributed by atoms with Crippen molar-refractivity contribution in [2.24, 2.45) is 5.92 Å². The van der Waals surface area contributed by atoms with Gasteiger partial charge in [0.15, 0.2) is 5.82 Å². The third kappa shape index (κ3) is 3.23. The smallest absolute Gasteiger partial charge is 0.152 e. The summed E-state index contributed by atoms with van der Waals surface area (Å²) in [6.07, 6.45) is 4.59. The number of hydrogen-bond donors (Lipinski definition) is 1. The zero-order valence-corrected chi connectivity index (χ0v) is 13.4. The molecule has 0 saturated carbocycles. The molecule has 110 valence electrons. The lowest BCUT2D eigenvalue weighted by molar-refractivity contribution is 0.512. The highest BCUT2D eigenvalue weighted by Crippen LogP contribution is 2.22. The van der Waals surface area contributed by atoms with Crippen molar-refractivity contribution >= 4 is 22.9 Å². The van der Waals surface area contributed by atoms with Gasteiger partial charge in [-0.1, -0.05) is 27.7 Å². The molecule has 20 heavy (non-hydrogen) atoms. The maximum absolute atomic E-state index is 5.89.